The summed E-state index contributed by atoms with van der Waals surface area (Å²) in [5.74, 6) is 0.384. The van der Waals surface area contributed by atoms with Crippen molar-refractivity contribution in [2.75, 3.05) is 26.9 Å². The second-order valence-electron chi connectivity index (χ2n) is 6.52. The zero-order valence-electron chi connectivity index (χ0n) is 16.8. The van der Waals surface area contributed by atoms with Crippen molar-refractivity contribution in [3.63, 3.8) is 0 Å². The third-order valence-electron chi connectivity index (χ3n) is 4.36. The molecule has 0 heterocycles. The fourth-order valence-electron chi connectivity index (χ4n) is 2.55. The molecule has 2 aromatic rings. The highest BCUT2D eigenvalue weighted by Crippen LogP contribution is 2.27. The number of Topliss-reactive ketones (excluding diaryl/α,β-unsaturated/α-hetero) is 1. The van der Waals surface area contributed by atoms with Gasteiger partial charge < -0.3 is 14.2 Å². The highest BCUT2D eigenvalue weighted by molar-refractivity contribution is 6.32. The van der Waals surface area contributed by atoms with Crippen molar-refractivity contribution in [2.24, 2.45) is 0 Å². The Morgan fingerprint density at radius 1 is 1.10 bits per heavy atom. The minimum absolute atomic E-state index is 0.0413. The molecule has 0 fully saturated rings. The number of methoxy groups -OCH3 is 1. The Morgan fingerprint density at radius 3 is 2.45 bits per heavy atom. The van der Waals surface area contributed by atoms with E-state index in [1.807, 2.05) is 31.2 Å². The van der Waals surface area contributed by atoms with Crippen molar-refractivity contribution in [1.82, 2.24) is 0 Å². The summed E-state index contributed by atoms with van der Waals surface area (Å²) in [5, 5.41) is 0.328. The number of halogens is 2. The van der Waals surface area contributed by atoms with Gasteiger partial charge >= 0.3 is 0 Å². The van der Waals surface area contributed by atoms with Gasteiger partial charge in [0.15, 0.2) is 5.78 Å². The molecule has 2 rings (SSSR count). The molecule has 0 aliphatic heterocycles. The van der Waals surface area contributed by atoms with Crippen LogP contribution in [0.2, 0.25) is 5.02 Å². The lowest BCUT2D eigenvalue weighted by Crippen LogP contribution is -2.05. The average molecular weight is 421 g/mol. The van der Waals surface area contributed by atoms with Crippen LogP contribution in [-0.2, 0) is 22.5 Å². The van der Waals surface area contributed by atoms with E-state index in [-0.39, 0.29) is 18.8 Å². The number of hydrogen-bond donors (Lipinski definition) is 0. The summed E-state index contributed by atoms with van der Waals surface area (Å²) >= 11 is 6.22. The number of rotatable bonds is 12. The van der Waals surface area contributed by atoms with E-state index in [1.54, 1.807) is 25.3 Å². The Hall–Kier alpha value is -2.21. The number of benzene rings is 2. The van der Waals surface area contributed by atoms with Crippen LogP contribution in [0, 0.1) is 0 Å². The Labute approximate surface area is 176 Å². The van der Waals surface area contributed by atoms with Gasteiger partial charge in [0.25, 0.3) is 0 Å². The minimum Gasteiger partial charge on any atom is -0.488 e. The monoisotopic (exact) mass is 420 g/mol. The first-order chi connectivity index (χ1) is 14.1. The van der Waals surface area contributed by atoms with Gasteiger partial charge in [-0.05, 0) is 41.3 Å². The zero-order valence-corrected chi connectivity index (χ0v) is 17.5. The van der Waals surface area contributed by atoms with E-state index in [2.05, 4.69) is 0 Å². The van der Waals surface area contributed by atoms with E-state index >= 15 is 0 Å². The van der Waals surface area contributed by atoms with Crippen LogP contribution >= 0.6 is 11.6 Å². The van der Waals surface area contributed by atoms with E-state index in [9.17, 15) is 9.18 Å². The van der Waals surface area contributed by atoms with Gasteiger partial charge in [-0.3, -0.25) is 4.79 Å². The highest BCUT2D eigenvalue weighted by Gasteiger charge is 2.11. The normalized spacial score (nSPS) is 11.5. The van der Waals surface area contributed by atoms with Gasteiger partial charge in [-0.15, -0.1) is 0 Å². The van der Waals surface area contributed by atoms with Gasteiger partial charge in [0.05, 0.1) is 31.2 Å². The van der Waals surface area contributed by atoms with Crippen LogP contribution in [0.1, 0.15) is 34.8 Å². The van der Waals surface area contributed by atoms with Gasteiger partial charge in [-0.2, -0.15) is 0 Å². The number of carbonyl (C=O) groups excluding carboxylic acids is 1. The maximum absolute atomic E-state index is 12.6. The molecule has 2 aromatic carbocycles. The maximum Gasteiger partial charge on any atom is 0.167 e. The predicted molar refractivity (Wildman–Crippen MR) is 112 cm³/mol. The first kappa shape index (κ1) is 23.1. The van der Waals surface area contributed by atoms with Gasteiger partial charge in [-0.25, -0.2) is 4.39 Å². The second kappa shape index (κ2) is 12.4. The fraction of sp³-hybridized carbons (Fsp3) is 0.348. The lowest BCUT2D eigenvalue weighted by Gasteiger charge is -2.10. The first-order valence-electron chi connectivity index (χ1n) is 9.45. The zero-order chi connectivity index (χ0) is 21.1. The molecular formula is C23H26ClFO4. The van der Waals surface area contributed by atoms with E-state index in [4.69, 9.17) is 25.8 Å². The smallest absolute Gasteiger partial charge is 0.167 e. The standard InChI is InChI=1S/C23H26ClFO4/c1-3-17(14-25)16-29-23-9-8-20(13-21(23)24)22(26)12-18-4-6-19(7-5-18)15-28-11-10-27-2/h4-9,13-14H,3,10-12,15-16H2,1-2H3. The minimum atomic E-state index is -0.0413. The Morgan fingerprint density at radius 2 is 1.83 bits per heavy atom. The number of carbonyl (C=O) groups is 1. The second-order valence-corrected chi connectivity index (χ2v) is 6.92. The van der Waals surface area contributed by atoms with Gasteiger partial charge in [-0.1, -0.05) is 42.8 Å². The molecule has 6 heteroatoms. The fourth-order valence-corrected chi connectivity index (χ4v) is 2.78. The van der Waals surface area contributed by atoms with Crippen LogP contribution in [0.3, 0.4) is 0 Å². The van der Waals surface area contributed by atoms with E-state index < -0.39 is 0 Å². The molecule has 0 saturated carbocycles. The summed E-state index contributed by atoms with van der Waals surface area (Å²) in [4.78, 5) is 12.6. The summed E-state index contributed by atoms with van der Waals surface area (Å²) in [5.41, 5.74) is 2.99. The van der Waals surface area contributed by atoms with Crippen molar-refractivity contribution in [2.45, 2.75) is 26.4 Å². The van der Waals surface area contributed by atoms with Crippen LogP contribution in [0.15, 0.2) is 54.4 Å². The van der Waals surface area contributed by atoms with E-state index in [0.717, 1.165) is 11.1 Å². The molecule has 0 amide bonds. The van der Waals surface area contributed by atoms with Crippen molar-refractivity contribution in [3.8, 4) is 5.75 Å². The van der Waals surface area contributed by atoms with Gasteiger partial charge in [0.2, 0.25) is 0 Å². The summed E-state index contributed by atoms with van der Waals surface area (Å²) in [6.07, 6.45) is 1.37. The Bertz CT molecular complexity index is 818. The summed E-state index contributed by atoms with van der Waals surface area (Å²) < 4.78 is 28.6. The van der Waals surface area contributed by atoms with Crippen LogP contribution in [0.5, 0.6) is 5.75 Å². The van der Waals surface area contributed by atoms with Gasteiger partial charge in [0.1, 0.15) is 12.4 Å². The molecule has 0 saturated heterocycles. The number of ether oxygens (including phenoxy) is 3. The summed E-state index contributed by atoms with van der Waals surface area (Å²) in [6.45, 7) is 3.58. The molecule has 0 aromatic heterocycles. The number of ketones is 1. The third-order valence-corrected chi connectivity index (χ3v) is 4.66. The van der Waals surface area contributed by atoms with Crippen LogP contribution in [0.25, 0.3) is 0 Å². The largest absolute Gasteiger partial charge is 0.488 e. The molecule has 29 heavy (non-hydrogen) atoms. The Balaban J connectivity index is 1.92. The van der Waals surface area contributed by atoms with Crippen molar-refractivity contribution >= 4 is 17.4 Å². The molecule has 0 unspecified atom stereocenters. The number of hydrogen-bond acceptors (Lipinski definition) is 4. The van der Waals surface area contributed by atoms with Crippen molar-refractivity contribution < 1.29 is 23.4 Å². The van der Waals surface area contributed by atoms with E-state index in [1.165, 1.54) is 0 Å². The Kier molecular flexibility index (Phi) is 9.84. The van der Waals surface area contributed by atoms with Gasteiger partial charge in [0, 0.05) is 19.1 Å². The lowest BCUT2D eigenvalue weighted by atomic mass is 10.0. The topological polar surface area (TPSA) is 44.8 Å². The molecule has 0 bridgehead atoms. The molecule has 0 aliphatic rings. The first-order valence-corrected chi connectivity index (χ1v) is 9.83. The SMILES string of the molecule is CCC(=CF)COc1ccc(C(=O)Cc2ccc(COCCOC)cc2)cc1Cl. The molecular weight excluding hydrogens is 395 g/mol. The summed E-state index contributed by atoms with van der Waals surface area (Å²) in [6, 6.07) is 12.6. The third kappa shape index (κ3) is 7.61. The molecule has 0 spiro atoms. The molecule has 0 atom stereocenters. The maximum atomic E-state index is 12.6. The van der Waals surface area contributed by atoms with Crippen molar-refractivity contribution in [3.05, 3.63) is 76.1 Å². The molecule has 156 valence electrons. The van der Waals surface area contributed by atoms with Crippen LogP contribution < -0.4 is 4.74 Å². The van der Waals surface area contributed by atoms with Crippen molar-refractivity contribution in [1.29, 1.82) is 0 Å². The quantitative estimate of drug-likeness (QED) is 0.332. The van der Waals surface area contributed by atoms with Crippen LogP contribution in [0.4, 0.5) is 4.39 Å². The average Bonchev–Trinajstić information content (AvgIpc) is 2.74. The highest BCUT2D eigenvalue weighted by atomic mass is 35.5. The molecule has 4 nitrogen and oxygen atoms in total. The van der Waals surface area contributed by atoms with E-state index in [0.29, 0.717) is 54.5 Å². The molecule has 0 N–H and O–H groups in total. The predicted octanol–water partition coefficient (Wildman–Crippen LogP) is 5.57. The van der Waals surface area contributed by atoms with Crippen LogP contribution in [-0.4, -0.2) is 32.7 Å². The summed E-state index contributed by atoms with van der Waals surface area (Å²) in [7, 11) is 1.63. The lowest BCUT2D eigenvalue weighted by molar-refractivity contribution is 0.0616. The molecule has 0 radical (unpaired) electrons. The molecule has 0 aliphatic carbocycles.